The predicted molar refractivity (Wildman–Crippen MR) is 221 cm³/mol. The molecule has 5 aromatic carbocycles. The van der Waals surface area contributed by atoms with Gasteiger partial charge in [-0.25, -0.2) is 0 Å². The Morgan fingerprint density at radius 2 is 1.38 bits per heavy atom. The zero-order chi connectivity index (χ0) is 37.0. The van der Waals surface area contributed by atoms with Crippen LogP contribution in [0.2, 0.25) is 19.6 Å². The summed E-state index contributed by atoms with van der Waals surface area (Å²) >= 11 is 0. The van der Waals surface area contributed by atoms with Crippen molar-refractivity contribution in [3.63, 3.8) is 0 Å². The SMILES string of the molecule is C[Si](C)(C)c1ccc(-c2[c-]cc(-c3ccccc3)cc2)nc1.[2H]C(CC)(CC)c1ccnc(-c2[c-]ccc3c2oc2cc(-c4ccccc4)ccc23)c1.[Ir]. The van der Waals surface area contributed by atoms with Gasteiger partial charge >= 0.3 is 0 Å². The molecule has 0 spiro atoms. The van der Waals surface area contributed by atoms with Crippen molar-refractivity contribution in [2.24, 2.45) is 0 Å². The van der Waals surface area contributed by atoms with Gasteiger partial charge in [-0.1, -0.05) is 152 Å². The fourth-order valence-electron chi connectivity index (χ4n) is 6.58. The van der Waals surface area contributed by atoms with E-state index in [1.54, 1.807) is 6.20 Å². The Hall–Kier alpha value is -4.93. The Morgan fingerprint density at radius 3 is 2.00 bits per heavy atom. The van der Waals surface area contributed by atoms with Crippen LogP contribution in [0.15, 0.2) is 150 Å². The van der Waals surface area contributed by atoms with Gasteiger partial charge in [0.1, 0.15) is 5.58 Å². The summed E-state index contributed by atoms with van der Waals surface area (Å²) in [6.45, 7) is 11.1. The van der Waals surface area contributed by atoms with Crippen LogP contribution in [-0.4, -0.2) is 18.0 Å². The molecule has 0 bridgehead atoms. The zero-order valence-electron chi connectivity index (χ0n) is 31.9. The summed E-state index contributed by atoms with van der Waals surface area (Å²) in [5.41, 5.74) is 11.0. The molecule has 0 N–H and O–H groups in total. The average molecular weight is 886 g/mol. The maximum absolute atomic E-state index is 8.81. The summed E-state index contributed by atoms with van der Waals surface area (Å²) < 4.78 is 15.2. The Kier molecular flexibility index (Phi) is 11.6. The Morgan fingerprint density at radius 1 is 0.679 bits per heavy atom. The van der Waals surface area contributed by atoms with Crippen LogP contribution in [0.3, 0.4) is 0 Å². The number of hydrogen-bond donors (Lipinski definition) is 0. The van der Waals surface area contributed by atoms with Crippen molar-refractivity contribution < 1.29 is 25.9 Å². The molecule has 3 nitrogen and oxygen atoms in total. The molecule has 8 rings (SSSR count). The standard InChI is InChI=1S/C28H24NO.C20H20NSi.Ir/c1-3-19(4-2)22-15-16-29-26(17-22)25-12-8-11-24-23-14-13-21(18-27(23)30-28(24)25)20-9-6-5-7-10-20;1-22(2,3)19-13-14-20(21-15-19)18-11-9-17(10-12-18)16-7-5-4-6-8-16;/h5-11,13-19H,3-4H2,1-2H3;4-11,13-15H,1-3H3;/q2*-1;/i19D;;. The molecule has 3 aromatic heterocycles. The van der Waals surface area contributed by atoms with Crippen LogP contribution in [0.5, 0.6) is 0 Å². The number of benzene rings is 5. The smallest absolute Gasteiger partial charge is 0.121 e. The molecule has 0 aliphatic heterocycles. The molecule has 0 saturated heterocycles. The van der Waals surface area contributed by atoms with Gasteiger partial charge < -0.3 is 14.4 Å². The van der Waals surface area contributed by atoms with Gasteiger partial charge in [-0.3, -0.25) is 0 Å². The maximum atomic E-state index is 8.81. The number of nitrogens with zero attached hydrogens (tertiary/aromatic N) is 2. The second kappa shape index (κ2) is 16.8. The molecular weight excluding hydrogens is 841 g/mol. The Balaban J connectivity index is 0.000000191. The molecule has 3 heterocycles. The third-order valence-electron chi connectivity index (χ3n) is 9.64. The molecule has 8 aromatic rings. The zero-order valence-corrected chi connectivity index (χ0v) is 34.3. The molecule has 53 heavy (non-hydrogen) atoms. The van der Waals surface area contributed by atoms with E-state index in [0.29, 0.717) is 0 Å². The van der Waals surface area contributed by atoms with E-state index in [4.69, 9.17) is 5.79 Å². The fraction of sp³-hybridized carbons (Fsp3) is 0.167. The van der Waals surface area contributed by atoms with Crippen LogP contribution >= 0.6 is 0 Å². The number of aromatic nitrogens is 2. The van der Waals surface area contributed by atoms with Crippen LogP contribution in [-0.2, 0) is 20.1 Å². The first-order chi connectivity index (χ1) is 25.7. The summed E-state index contributed by atoms with van der Waals surface area (Å²) in [4.78, 5) is 9.22. The monoisotopic (exact) mass is 886 g/mol. The van der Waals surface area contributed by atoms with E-state index in [9.17, 15) is 0 Å². The number of hydrogen-bond acceptors (Lipinski definition) is 3. The molecule has 1 radical (unpaired) electrons. The number of pyridine rings is 2. The minimum Gasteiger partial charge on any atom is -0.501 e. The Labute approximate surface area is 330 Å². The van der Waals surface area contributed by atoms with E-state index in [0.717, 1.165) is 74.0 Å². The van der Waals surface area contributed by atoms with Crippen molar-refractivity contribution in [1.82, 2.24) is 9.97 Å². The molecule has 0 saturated carbocycles. The van der Waals surface area contributed by atoms with E-state index >= 15 is 0 Å². The summed E-state index contributed by atoms with van der Waals surface area (Å²) in [5, 5.41) is 3.52. The normalized spacial score (nSPS) is 11.8. The van der Waals surface area contributed by atoms with E-state index in [1.807, 2.05) is 60.8 Å². The van der Waals surface area contributed by atoms with Crippen LogP contribution in [0.4, 0.5) is 0 Å². The van der Waals surface area contributed by atoms with Gasteiger partial charge in [0.25, 0.3) is 0 Å². The van der Waals surface area contributed by atoms with Crippen LogP contribution < -0.4 is 5.19 Å². The van der Waals surface area contributed by atoms with Gasteiger partial charge in [-0.15, -0.1) is 48.0 Å². The molecule has 0 aliphatic carbocycles. The van der Waals surface area contributed by atoms with Crippen molar-refractivity contribution in [3.05, 3.63) is 164 Å². The average Bonchev–Trinajstić information content (AvgIpc) is 3.59. The quantitative estimate of drug-likeness (QED) is 0.113. The van der Waals surface area contributed by atoms with Crippen molar-refractivity contribution in [3.8, 4) is 44.8 Å². The predicted octanol–water partition coefficient (Wildman–Crippen LogP) is 12.8. The van der Waals surface area contributed by atoms with Gasteiger partial charge in [-0.2, -0.15) is 0 Å². The van der Waals surface area contributed by atoms with Crippen molar-refractivity contribution in [2.75, 3.05) is 0 Å². The summed E-state index contributed by atoms with van der Waals surface area (Å²) in [7, 11) is -1.28. The van der Waals surface area contributed by atoms with Crippen molar-refractivity contribution >= 4 is 35.2 Å². The second-order valence-electron chi connectivity index (χ2n) is 14.1. The summed E-state index contributed by atoms with van der Waals surface area (Å²) in [6, 6.07) is 52.3. The van der Waals surface area contributed by atoms with Crippen LogP contribution in [0.1, 0.15) is 39.5 Å². The molecule has 267 valence electrons. The fourth-order valence-corrected chi connectivity index (χ4v) is 7.61. The van der Waals surface area contributed by atoms with Crippen LogP contribution in [0, 0.1) is 12.1 Å². The van der Waals surface area contributed by atoms with Gasteiger partial charge in [0.15, 0.2) is 0 Å². The number of furan rings is 1. The largest absolute Gasteiger partial charge is 0.501 e. The van der Waals surface area contributed by atoms with Gasteiger partial charge in [0, 0.05) is 39.3 Å². The maximum Gasteiger partial charge on any atom is 0.121 e. The number of rotatable bonds is 8. The molecule has 5 heteroatoms. The van der Waals surface area contributed by atoms with Gasteiger partial charge in [0.05, 0.1) is 13.7 Å². The van der Waals surface area contributed by atoms with E-state index in [1.165, 1.54) is 16.3 Å². The first-order valence-corrected chi connectivity index (χ1v) is 21.6. The van der Waals surface area contributed by atoms with Crippen LogP contribution in [0.25, 0.3) is 66.7 Å². The first kappa shape index (κ1) is 36.4. The topological polar surface area (TPSA) is 38.9 Å². The minimum absolute atomic E-state index is 0. The molecule has 0 aliphatic rings. The third kappa shape index (κ3) is 8.50. The van der Waals surface area contributed by atoms with Crippen molar-refractivity contribution in [1.29, 1.82) is 0 Å². The van der Waals surface area contributed by atoms with Gasteiger partial charge in [-0.05, 0) is 58.6 Å². The minimum atomic E-state index is -1.28. The first-order valence-electron chi connectivity index (χ1n) is 18.6. The molecule has 0 unspecified atom stereocenters. The van der Waals surface area contributed by atoms with E-state index in [2.05, 4.69) is 134 Å². The van der Waals surface area contributed by atoms with Crippen molar-refractivity contribution in [2.45, 2.75) is 52.2 Å². The molecular formula is C48H44IrN2OSi-2. The summed E-state index contributed by atoms with van der Waals surface area (Å²) in [5.74, 6) is -0.607. The van der Waals surface area contributed by atoms with Gasteiger partial charge in [0.2, 0.25) is 0 Å². The number of fused-ring (bicyclic) bond motifs is 3. The molecule has 0 amide bonds. The third-order valence-corrected chi connectivity index (χ3v) is 11.7. The van der Waals surface area contributed by atoms with E-state index in [-0.39, 0.29) is 20.1 Å². The van der Waals surface area contributed by atoms with E-state index < -0.39 is 14.0 Å². The Bertz CT molecular complexity index is 2450. The molecule has 0 fully saturated rings. The summed E-state index contributed by atoms with van der Waals surface area (Å²) in [6.07, 6.45) is 5.34. The second-order valence-corrected chi connectivity index (χ2v) is 19.1. The molecule has 0 atom stereocenters.